The van der Waals surface area contributed by atoms with Crippen LogP contribution in [0.1, 0.15) is 27.5 Å². The minimum atomic E-state index is -0.652. The van der Waals surface area contributed by atoms with Crippen molar-refractivity contribution in [1.82, 2.24) is 9.72 Å². The van der Waals surface area contributed by atoms with Crippen LogP contribution in [0.5, 0.6) is 5.75 Å². The Balaban J connectivity index is 1.60. The number of Topliss-reactive ketones (excluding diaryl/α,β-unsaturated/α-hetero) is 1. The van der Waals surface area contributed by atoms with E-state index in [1.54, 1.807) is 44.2 Å². The first-order chi connectivity index (χ1) is 13.8. The lowest BCUT2D eigenvalue weighted by Crippen LogP contribution is -2.20. The molecule has 0 aliphatic heterocycles. The molecule has 3 rings (SSSR count). The average molecular weight is 482 g/mol. The Labute approximate surface area is 180 Å². The van der Waals surface area contributed by atoms with E-state index >= 15 is 0 Å². The van der Waals surface area contributed by atoms with E-state index in [2.05, 4.69) is 21.1 Å². The molecule has 0 N–H and O–H groups in total. The third kappa shape index (κ3) is 4.89. The summed E-state index contributed by atoms with van der Waals surface area (Å²) < 4.78 is 18.0. The highest BCUT2D eigenvalue weighted by molar-refractivity contribution is 9.10. The van der Waals surface area contributed by atoms with Crippen LogP contribution in [0, 0.1) is 20.8 Å². The molecule has 2 heterocycles. The van der Waals surface area contributed by atoms with Crippen molar-refractivity contribution in [3.8, 4) is 11.6 Å². The second-order valence-corrected chi connectivity index (χ2v) is 7.65. The predicted octanol–water partition coefficient (Wildman–Crippen LogP) is 4.61. The summed E-state index contributed by atoms with van der Waals surface area (Å²) >= 11 is 9.16. The summed E-state index contributed by atoms with van der Waals surface area (Å²) in [7, 11) is 0. The van der Waals surface area contributed by atoms with Crippen LogP contribution in [-0.2, 0) is 9.53 Å². The molecule has 0 fully saturated rings. The van der Waals surface area contributed by atoms with Gasteiger partial charge in [-0.2, -0.15) is 0 Å². The smallest absolute Gasteiger partial charge is 0.344 e. The highest BCUT2D eigenvalue weighted by atomic mass is 79.9. The zero-order chi connectivity index (χ0) is 21.1. The van der Waals surface area contributed by atoms with Crippen LogP contribution in [-0.4, -0.2) is 34.7 Å². The number of halogens is 2. The molecule has 9 heteroatoms. The fraction of sp³-hybridized carbons (Fsp3) is 0.250. The zero-order valence-electron chi connectivity index (χ0n) is 16.0. The first-order valence-electron chi connectivity index (χ1n) is 8.65. The van der Waals surface area contributed by atoms with Gasteiger partial charge in [0.15, 0.2) is 19.0 Å². The standard InChI is InChI=1S/C20H18BrClN2O5/c1-11-6-15(13(3)24(11)19-7-12(2)29-23-19)17(25)9-28-20(26)10-27-18-5-4-14(22)8-16(18)21/h4-8H,9-10H2,1-3H3. The fourth-order valence-electron chi connectivity index (χ4n) is 2.85. The number of ether oxygens (including phenoxy) is 2. The second-order valence-electron chi connectivity index (χ2n) is 6.36. The van der Waals surface area contributed by atoms with Crippen LogP contribution in [0.15, 0.2) is 39.3 Å². The molecule has 7 nitrogen and oxygen atoms in total. The van der Waals surface area contributed by atoms with Gasteiger partial charge in [0, 0.05) is 28.0 Å². The number of carbonyl (C=O) groups is 2. The maximum Gasteiger partial charge on any atom is 0.344 e. The molecule has 0 saturated carbocycles. The van der Waals surface area contributed by atoms with Crippen LogP contribution in [0.3, 0.4) is 0 Å². The van der Waals surface area contributed by atoms with Crippen molar-refractivity contribution in [3.63, 3.8) is 0 Å². The maximum atomic E-state index is 12.5. The molecule has 2 aromatic heterocycles. The van der Waals surface area contributed by atoms with Crippen molar-refractivity contribution in [3.05, 3.63) is 62.5 Å². The highest BCUT2D eigenvalue weighted by Gasteiger charge is 2.20. The van der Waals surface area contributed by atoms with Crippen molar-refractivity contribution < 1.29 is 23.6 Å². The van der Waals surface area contributed by atoms with Crippen LogP contribution in [0.4, 0.5) is 0 Å². The molecule has 0 aliphatic rings. The van der Waals surface area contributed by atoms with E-state index in [0.29, 0.717) is 38.1 Å². The number of ketones is 1. The number of hydrogen-bond donors (Lipinski definition) is 0. The van der Waals surface area contributed by atoms with Crippen LogP contribution >= 0.6 is 27.5 Å². The molecular formula is C20H18BrClN2O5. The molecule has 1 aromatic carbocycles. The summed E-state index contributed by atoms with van der Waals surface area (Å²) in [5.74, 6) is 0.743. The van der Waals surface area contributed by atoms with E-state index in [9.17, 15) is 9.59 Å². The molecule has 0 amide bonds. The molecule has 0 saturated heterocycles. The molecule has 0 bridgehead atoms. The summed E-state index contributed by atoms with van der Waals surface area (Å²) in [5, 5.41) is 4.52. The molecule has 0 aliphatic carbocycles. The summed E-state index contributed by atoms with van der Waals surface area (Å²) in [6.45, 7) is 4.74. The van der Waals surface area contributed by atoms with E-state index in [1.165, 1.54) is 0 Å². The number of rotatable bonds is 7. The number of carbonyl (C=O) groups excluding carboxylic acids is 2. The lowest BCUT2D eigenvalue weighted by atomic mass is 10.1. The Morgan fingerprint density at radius 1 is 1.17 bits per heavy atom. The molecule has 0 spiro atoms. The average Bonchev–Trinajstić information content (AvgIpc) is 3.21. The van der Waals surface area contributed by atoms with Gasteiger partial charge in [-0.3, -0.25) is 9.36 Å². The van der Waals surface area contributed by atoms with Gasteiger partial charge in [0.2, 0.25) is 5.78 Å². The molecule has 0 atom stereocenters. The van der Waals surface area contributed by atoms with Gasteiger partial charge in [-0.1, -0.05) is 16.8 Å². The first kappa shape index (κ1) is 21.1. The minimum absolute atomic E-state index is 0.314. The molecule has 0 unspecified atom stereocenters. The predicted molar refractivity (Wildman–Crippen MR) is 110 cm³/mol. The lowest BCUT2D eigenvalue weighted by Gasteiger charge is -2.09. The van der Waals surface area contributed by atoms with Gasteiger partial charge < -0.3 is 14.0 Å². The summed E-state index contributed by atoms with van der Waals surface area (Å²) in [5.41, 5.74) is 1.97. The van der Waals surface area contributed by atoms with E-state index in [4.69, 9.17) is 25.6 Å². The summed E-state index contributed by atoms with van der Waals surface area (Å²) in [6.07, 6.45) is 0. The van der Waals surface area contributed by atoms with Crippen molar-refractivity contribution in [2.45, 2.75) is 20.8 Å². The van der Waals surface area contributed by atoms with Crippen LogP contribution in [0.2, 0.25) is 5.02 Å². The number of aromatic nitrogens is 2. The van der Waals surface area contributed by atoms with Gasteiger partial charge in [-0.25, -0.2) is 4.79 Å². The maximum absolute atomic E-state index is 12.5. The SMILES string of the molecule is Cc1cc(-n2c(C)cc(C(=O)COC(=O)COc3ccc(Cl)cc3Br)c2C)no1. The van der Waals surface area contributed by atoms with Gasteiger partial charge >= 0.3 is 5.97 Å². The van der Waals surface area contributed by atoms with Crippen molar-refractivity contribution in [2.75, 3.05) is 13.2 Å². The van der Waals surface area contributed by atoms with Gasteiger partial charge in [-0.15, -0.1) is 0 Å². The van der Waals surface area contributed by atoms with Crippen molar-refractivity contribution in [2.24, 2.45) is 0 Å². The van der Waals surface area contributed by atoms with E-state index < -0.39 is 5.97 Å². The van der Waals surface area contributed by atoms with Gasteiger partial charge in [-0.05, 0) is 61.0 Å². The Hall–Kier alpha value is -2.58. The van der Waals surface area contributed by atoms with Crippen LogP contribution < -0.4 is 4.74 Å². The monoisotopic (exact) mass is 480 g/mol. The summed E-state index contributed by atoms with van der Waals surface area (Å²) in [4.78, 5) is 24.5. The Bertz CT molecular complexity index is 1070. The molecule has 29 heavy (non-hydrogen) atoms. The van der Waals surface area contributed by atoms with Gasteiger partial charge in [0.25, 0.3) is 0 Å². The molecule has 3 aromatic rings. The van der Waals surface area contributed by atoms with Crippen molar-refractivity contribution >= 4 is 39.3 Å². The van der Waals surface area contributed by atoms with Crippen LogP contribution in [0.25, 0.3) is 5.82 Å². The zero-order valence-corrected chi connectivity index (χ0v) is 18.3. The largest absolute Gasteiger partial charge is 0.481 e. The molecular weight excluding hydrogens is 464 g/mol. The van der Waals surface area contributed by atoms with Gasteiger partial charge in [0.05, 0.1) is 4.47 Å². The Morgan fingerprint density at radius 2 is 1.93 bits per heavy atom. The van der Waals surface area contributed by atoms with E-state index in [1.807, 2.05) is 11.5 Å². The number of benzene rings is 1. The third-order valence-electron chi connectivity index (χ3n) is 4.18. The number of esters is 1. The number of aryl methyl sites for hydroxylation is 2. The molecule has 0 radical (unpaired) electrons. The quantitative estimate of drug-likeness (QED) is 0.362. The molecule has 152 valence electrons. The third-order valence-corrected chi connectivity index (χ3v) is 5.03. The lowest BCUT2D eigenvalue weighted by molar-refractivity contribution is -0.144. The fourth-order valence-corrected chi connectivity index (χ4v) is 3.65. The topological polar surface area (TPSA) is 83.6 Å². The van der Waals surface area contributed by atoms with Gasteiger partial charge in [0.1, 0.15) is 11.5 Å². The highest BCUT2D eigenvalue weighted by Crippen LogP contribution is 2.28. The second kappa shape index (κ2) is 8.84. The minimum Gasteiger partial charge on any atom is -0.481 e. The number of hydrogen-bond acceptors (Lipinski definition) is 6. The number of nitrogens with zero attached hydrogens (tertiary/aromatic N) is 2. The normalized spacial score (nSPS) is 10.8. The van der Waals surface area contributed by atoms with E-state index in [0.717, 1.165) is 5.69 Å². The first-order valence-corrected chi connectivity index (χ1v) is 9.82. The van der Waals surface area contributed by atoms with E-state index in [-0.39, 0.29) is 19.0 Å². The Kier molecular flexibility index (Phi) is 6.44. The summed E-state index contributed by atoms with van der Waals surface area (Å²) in [6, 6.07) is 8.43. The Morgan fingerprint density at radius 3 is 2.59 bits per heavy atom. The van der Waals surface area contributed by atoms with Crippen molar-refractivity contribution in [1.29, 1.82) is 0 Å².